The van der Waals surface area contributed by atoms with Gasteiger partial charge in [0, 0.05) is 11.6 Å². The fourth-order valence-corrected chi connectivity index (χ4v) is 2.26. The molecule has 0 aliphatic carbocycles. The first kappa shape index (κ1) is 19.3. The van der Waals surface area contributed by atoms with E-state index in [4.69, 9.17) is 4.74 Å². The van der Waals surface area contributed by atoms with E-state index >= 15 is 0 Å². The second-order valence-corrected chi connectivity index (χ2v) is 7.00. The smallest absolute Gasteiger partial charge is 0.277 e. The lowest BCUT2D eigenvalue weighted by Gasteiger charge is -2.19. The lowest BCUT2D eigenvalue weighted by Crippen LogP contribution is -2.25. The summed E-state index contributed by atoms with van der Waals surface area (Å²) in [6.07, 6.45) is 0. The van der Waals surface area contributed by atoms with Gasteiger partial charge in [0.2, 0.25) is 0 Å². The van der Waals surface area contributed by atoms with Crippen molar-refractivity contribution < 1.29 is 19.7 Å². The van der Waals surface area contributed by atoms with Crippen molar-refractivity contribution in [2.24, 2.45) is 5.10 Å². The summed E-state index contributed by atoms with van der Waals surface area (Å²) >= 11 is 0. The molecule has 0 atom stereocenters. The third-order valence-corrected chi connectivity index (χ3v) is 3.81. The van der Waals surface area contributed by atoms with Gasteiger partial charge in [0.25, 0.3) is 5.91 Å². The predicted molar refractivity (Wildman–Crippen MR) is 101 cm³/mol. The lowest BCUT2D eigenvalue weighted by atomic mass is 9.87. The highest BCUT2D eigenvalue weighted by atomic mass is 16.5. The van der Waals surface area contributed by atoms with Gasteiger partial charge < -0.3 is 14.9 Å². The van der Waals surface area contributed by atoms with Crippen LogP contribution in [0.5, 0.6) is 17.2 Å². The normalized spacial score (nSPS) is 11.9. The number of hydrazone groups is 1. The van der Waals surface area contributed by atoms with Crippen LogP contribution in [0, 0.1) is 0 Å². The summed E-state index contributed by atoms with van der Waals surface area (Å²) < 4.78 is 5.45. The van der Waals surface area contributed by atoms with Gasteiger partial charge in [-0.2, -0.15) is 5.10 Å². The molecule has 0 aromatic heterocycles. The molecular weight excluding hydrogens is 332 g/mol. The van der Waals surface area contributed by atoms with Gasteiger partial charge >= 0.3 is 0 Å². The summed E-state index contributed by atoms with van der Waals surface area (Å²) in [5.74, 6) is 0.0252. The number of phenolic OH excluding ortho intramolecular Hbond substituents is 2. The molecule has 26 heavy (non-hydrogen) atoms. The third-order valence-electron chi connectivity index (χ3n) is 3.81. The molecule has 6 nitrogen and oxygen atoms in total. The van der Waals surface area contributed by atoms with Gasteiger partial charge in [0.15, 0.2) is 6.61 Å². The van der Waals surface area contributed by atoms with Crippen molar-refractivity contribution in [3.8, 4) is 17.2 Å². The predicted octanol–water partition coefficient (Wildman–Crippen LogP) is 3.31. The van der Waals surface area contributed by atoms with Crippen LogP contribution in [0.15, 0.2) is 47.6 Å². The minimum Gasteiger partial charge on any atom is -0.508 e. The van der Waals surface area contributed by atoms with Crippen molar-refractivity contribution in [3.63, 3.8) is 0 Å². The zero-order chi connectivity index (χ0) is 19.3. The molecule has 2 aromatic carbocycles. The van der Waals surface area contributed by atoms with E-state index in [1.165, 1.54) is 23.8 Å². The average molecular weight is 356 g/mol. The highest BCUT2D eigenvalue weighted by Gasteiger charge is 2.13. The average Bonchev–Trinajstić information content (AvgIpc) is 2.57. The molecule has 0 spiro atoms. The summed E-state index contributed by atoms with van der Waals surface area (Å²) in [7, 11) is 0. The second kappa shape index (κ2) is 7.91. The third kappa shape index (κ3) is 5.24. The topological polar surface area (TPSA) is 91.2 Å². The van der Waals surface area contributed by atoms with E-state index in [9.17, 15) is 15.0 Å². The van der Waals surface area contributed by atoms with Crippen LogP contribution in [0.4, 0.5) is 0 Å². The zero-order valence-electron chi connectivity index (χ0n) is 15.4. The molecule has 138 valence electrons. The molecule has 1 amide bonds. The zero-order valence-corrected chi connectivity index (χ0v) is 15.4. The van der Waals surface area contributed by atoms with Crippen LogP contribution in [-0.4, -0.2) is 28.4 Å². The summed E-state index contributed by atoms with van der Waals surface area (Å²) in [4.78, 5) is 11.9. The highest BCUT2D eigenvalue weighted by Crippen LogP contribution is 2.24. The largest absolute Gasteiger partial charge is 0.508 e. The van der Waals surface area contributed by atoms with Crippen molar-refractivity contribution >= 4 is 11.6 Å². The Balaban J connectivity index is 1.90. The summed E-state index contributed by atoms with van der Waals surface area (Å²) in [5, 5.41) is 23.0. The Bertz CT molecular complexity index is 806. The van der Waals surface area contributed by atoms with E-state index in [0.717, 1.165) is 0 Å². The minimum atomic E-state index is -0.414. The van der Waals surface area contributed by atoms with E-state index in [-0.39, 0.29) is 23.5 Å². The van der Waals surface area contributed by atoms with Gasteiger partial charge in [-0.25, -0.2) is 5.43 Å². The molecule has 0 unspecified atom stereocenters. The van der Waals surface area contributed by atoms with Gasteiger partial charge in [-0.3, -0.25) is 4.79 Å². The number of hydrogen-bond acceptors (Lipinski definition) is 5. The van der Waals surface area contributed by atoms with Crippen molar-refractivity contribution in [1.82, 2.24) is 5.43 Å². The van der Waals surface area contributed by atoms with Crippen molar-refractivity contribution in [2.75, 3.05) is 6.61 Å². The number of benzene rings is 2. The monoisotopic (exact) mass is 356 g/mol. The summed E-state index contributed by atoms with van der Waals surface area (Å²) in [6, 6.07) is 11.8. The number of carbonyl (C=O) groups excluding carboxylic acids is 1. The van der Waals surface area contributed by atoms with E-state index in [1.807, 2.05) is 24.3 Å². The molecule has 0 heterocycles. The number of nitrogens with one attached hydrogen (secondary N) is 1. The Morgan fingerprint density at radius 1 is 1.12 bits per heavy atom. The number of phenols is 2. The first-order valence-electron chi connectivity index (χ1n) is 8.25. The van der Waals surface area contributed by atoms with Gasteiger partial charge in [-0.15, -0.1) is 0 Å². The van der Waals surface area contributed by atoms with E-state index in [0.29, 0.717) is 17.0 Å². The molecule has 0 aliphatic heterocycles. The molecule has 0 fully saturated rings. The number of ether oxygens (including phenoxy) is 1. The summed E-state index contributed by atoms with van der Waals surface area (Å²) in [6.45, 7) is 7.85. The van der Waals surface area contributed by atoms with E-state index in [1.54, 1.807) is 6.92 Å². The molecule has 0 radical (unpaired) electrons. The van der Waals surface area contributed by atoms with Gasteiger partial charge in [-0.1, -0.05) is 32.9 Å². The molecule has 0 saturated carbocycles. The number of nitrogens with zero attached hydrogens (tertiary/aromatic N) is 1. The van der Waals surface area contributed by atoms with Gasteiger partial charge in [0.1, 0.15) is 17.2 Å². The SMILES string of the molecule is CC(=NNC(=O)COc1ccc(C(C)(C)C)cc1)c1ccc(O)cc1O. The number of aromatic hydroxyl groups is 2. The Labute approximate surface area is 153 Å². The second-order valence-electron chi connectivity index (χ2n) is 7.00. The Kier molecular flexibility index (Phi) is 5.87. The molecule has 0 saturated heterocycles. The van der Waals surface area contributed by atoms with Crippen LogP contribution in [0.25, 0.3) is 0 Å². The minimum absolute atomic E-state index is 0.0473. The maximum Gasteiger partial charge on any atom is 0.277 e. The molecule has 0 bridgehead atoms. The Morgan fingerprint density at radius 2 is 1.77 bits per heavy atom. The van der Waals surface area contributed by atoms with Crippen LogP contribution >= 0.6 is 0 Å². The molecular formula is C20H24N2O4. The maximum absolute atomic E-state index is 11.9. The fraction of sp³-hybridized carbons (Fsp3) is 0.300. The molecule has 3 N–H and O–H groups in total. The Morgan fingerprint density at radius 3 is 2.35 bits per heavy atom. The van der Waals surface area contributed by atoms with Crippen LogP contribution in [0.3, 0.4) is 0 Å². The first-order chi connectivity index (χ1) is 12.2. The molecule has 0 aliphatic rings. The lowest BCUT2D eigenvalue weighted by molar-refractivity contribution is -0.123. The van der Waals surface area contributed by atoms with Gasteiger partial charge in [0.05, 0.1) is 5.71 Å². The summed E-state index contributed by atoms with van der Waals surface area (Å²) in [5.41, 5.74) is 4.45. The number of amides is 1. The standard InChI is InChI=1S/C20H24N2O4/c1-13(17-10-7-15(23)11-18(17)24)21-22-19(25)12-26-16-8-5-14(6-9-16)20(2,3)4/h5-11,23-24H,12H2,1-4H3,(H,22,25). The van der Waals surface area contributed by atoms with Crippen LogP contribution in [-0.2, 0) is 10.2 Å². The van der Waals surface area contributed by atoms with Crippen molar-refractivity contribution in [3.05, 3.63) is 53.6 Å². The Hall–Kier alpha value is -3.02. The van der Waals surface area contributed by atoms with Crippen molar-refractivity contribution in [1.29, 1.82) is 0 Å². The maximum atomic E-state index is 11.9. The van der Waals surface area contributed by atoms with Crippen LogP contribution < -0.4 is 10.2 Å². The molecule has 2 aromatic rings. The quantitative estimate of drug-likeness (QED) is 0.566. The number of carbonyl (C=O) groups is 1. The van der Waals surface area contributed by atoms with Crippen molar-refractivity contribution in [2.45, 2.75) is 33.1 Å². The van der Waals surface area contributed by atoms with Crippen LogP contribution in [0.2, 0.25) is 0 Å². The number of rotatable bonds is 5. The number of hydrogen-bond donors (Lipinski definition) is 3. The molecule has 6 heteroatoms. The molecule has 2 rings (SSSR count). The highest BCUT2D eigenvalue weighted by molar-refractivity contribution is 6.01. The fourth-order valence-electron chi connectivity index (χ4n) is 2.26. The van der Waals surface area contributed by atoms with Crippen LogP contribution in [0.1, 0.15) is 38.8 Å². The van der Waals surface area contributed by atoms with E-state index < -0.39 is 5.91 Å². The van der Waals surface area contributed by atoms with Gasteiger partial charge in [-0.05, 0) is 42.2 Å². The first-order valence-corrected chi connectivity index (χ1v) is 8.25. The van der Waals surface area contributed by atoms with E-state index in [2.05, 4.69) is 31.3 Å².